The topological polar surface area (TPSA) is 60.7 Å². The monoisotopic (exact) mass is 416 g/mol. The first-order valence-corrected chi connectivity index (χ1v) is 10.1. The fourth-order valence-corrected chi connectivity index (χ4v) is 4.09. The lowest BCUT2D eigenvalue weighted by atomic mass is 10.1. The van der Waals surface area contributed by atoms with Crippen molar-refractivity contribution in [3.05, 3.63) is 82.8 Å². The fraction of sp³-hybridized carbons (Fsp3) is 0. The summed E-state index contributed by atoms with van der Waals surface area (Å²) < 4.78 is 1.55. The van der Waals surface area contributed by atoms with Crippen molar-refractivity contribution in [2.45, 2.75) is 0 Å². The molecule has 2 aromatic carbocycles. The van der Waals surface area contributed by atoms with Gasteiger partial charge in [0.05, 0.1) is 21.7 Å². The van der Waals surface area contributed by atoms with Gasteiger partial charge in [-0.1, -0.05) is 48.0 Å². The number of thiophene rings is 1. The maximum Gasteiger partial charge on any atom is 0.251 e. The molecule has 5 nitrogen and oxygen atoms in total. The molecule has 0 unspecified atom stereocenters. The Balaban J connectivity index is 1.75. The third kappa shape index (κ3) is 3.22. The first-order chi connectivity index (χ1) is 14.2. The highest BCUT2D eigenvalue weighted by atomic mass is 35.5. The third-order valence-corrected chi connectivity index (χ3v) is 5.63. The zero-order chi connectivity index (χ0) is 19.8. The molecule has 0 radical (unpaired) electrons. The Morgan fingerprint density at radius 3 is 2.59 bits per heavy atom. The lowest BCUT2D eigenvalue weighted by molar-refractivity contribution is 0.112. The molecule has 0 aliphatic heterocycles. The van der Waals surface area contributed by atoms with Crippen molar-refractivity contribution in [3.8, 4) is 27.8 Å². The number of rotatable bonds is 4. The zero-order valence-electron chi connectivity index (χ0n) is 15.0. The molecule has 140 valence electrons. The van der Waals surface area contributed by atoms with E-state index in [4.69, 9.17) is 16.6 Å². The minimum Gasteiger partial charge on any atom is -0.298 e. The summed E-state index contributed by atoms with van der Waals surface area (Å²) in [4.78, 5) is 22.0. The van der Waals surface area contributed by atoms with Crippen molar-refractivity contribution >= 4 is 40.1 Å². The summed E-state index contributed by atoms with van der Waals surface area (Å²) >= 11 is 7.75. The van der Waals surface area contributed by atoms with Crippen LogP contribution in [0.5, 0.6) is 0 Å². The molecule has 7 heteroatoms. The van der Waals surface area contributed by atoms with E-state index in [0.29, 0.717) is 22.2 Å². The maximum atomic E-state index is 11.6. The molecule has 5 rings (SSSR count). The van der Waals surface area contributed by atoms with Crippen molar-refractivity contribution in [2.75, 3.05) is 0 Å². The summed E-state index contributed by atoms with van der Waals surface area (Å²) in [5.41, 5.74) is 3.57. The number of carbonyl (C=O) groups excluding carboxylic acids is 1. The molecule has 0 aliphatic carbocycles. The average molecular weight is 417 g/mol. The predicted octanol–water partition coefficient (Wildman–Crippen LogP) is 5.68. The van der Waals surface area contributed by atoms with Gasteiger partial charge >= 0.3 is 0 Å². The molecule has 0 bridgehead atoms. The molecule has 0 amide bonds. The van der Waals surface area contributed by atoms with Crippen LogP contribution in [-0.4, -0.2) is 26.0 Å². The van der Waals surface area contributed by atoms with Crippen molar-refractivity contribution in [1.29, 1.82) is 0 Å². The molecular weight excluding hydrogens is 404 g/mol. The van der Waals surface area contributed by atoms with E-state index in [1.54, 1.807) is 16.9 Å². The van der Waals surface area contributed by atoms with Crippen LogP contribution in [-0.2, 0) is 0 Å². The number of benzene rings is 2. The van der Waals surface area contributed by atoms with Gasteiger partial charge in [0.15, 0.2) is 6.29 Å². The molecule has 3 heterocycles. The van der Waals surface area contributed by atoms with Crippen LogP contribution in [0.15, 0.2) is 72.2 Å². The Labute approximate surface area is 175 Å². The van der Waals surface area contributed by atoms with Gasteiger partial charge < -0.3 is 0 Å². The Kier molecular flexibility index (Phi) is 4.42. The van der Waals surface area contributed by atoms with Crippen LogP contribution >= 0.6 is 22.9 Å². The number of aldehydes is 1. The number of hydrogen-bond acceptors (Lipinski definition) is 5. The van der Waals surface area contributed by atoms with Gasteiger partial charge in [0, 0.05) is 22.2 Å². The minimum atomic E-state index is 0.393. The van der Waals surface area contributed by atoms with Crippen molar-refractivity contribution in [2.24, 2.45) is 0 Å². The molecule has 29 heavy (non-hydrogen) atoms. The van der Waals surface area contributed by atoms with Gasteiger partial charge in [0.1, 0.15) is 5.69 Å². The second-order valence-electron chi connectivity index (χ2n) is 6.37. The second kappa shape index (κ2) is 7.24. The molecule has 0 N–H and O–H groups in total. The standard InChI is InChI=1S/C22H13ClN4OS/c23-16-8-9-18-17(11-16)20(14-5-2-1-3-6-14)25-22(24-18)27-12-15(13-28)21(26-27)19-7-4-10-29-19/h1-13H. The Morgan fingerprint density at radius 1 is 0.966 bits per heavy atom. The predicted molar refractivity (Wildman–Crippen MR) is 116 cm³/mol. The van der Waals surface area contributed by atoms with Crippen molar-refractivity contribution in [3.63, 3.8) is 0 Å². The summed E-state index contributed by atoms with van der Waals surface area (Å²) in [5.74, 6) is 0.393. The first-order valence-electron chi connectivity index (χ1n) is 8.85. The first kappa shape index (κ1) is 17.7. The van der Waals surface area contributed by atoms with E-state index in [1.807, 2.05) is 60.0 Å². The van der Waals surface area contributed by atoms with Gasteiger partial charge in [-0.3, -0.25) is 4.79 Å². The van der Waals surface area contributed by atoms with Crippen LogP contribution in [0.4, 0.5) is 0 Å². The van der Waals surface area contributed by atoms with Crippen LogP contribution in [0.25, 0.3) is 38.7 Å². The van der Waals surface area contributed by atoms with E-state index in [9.17, 15) is 4.79 Å². The number of halogens is 1. The normalized spacial score (nSPS) is 11.1. The smallest absolute Gasteiger partial charge is 0.251 e. The van der Waals surface area contributed by atoms with Gasteiger partial charge in [-0.05, 0) is 29.6 Å². The molecule has 3 aromatic heterocycles. The fourth-order valence-electron chi connectivity index (χ4n) is 3.19. The van der Waals surface area contributed by atoms with E-state index in [0.717, 1.165) is 33.3 Å². The number of fused-ring (bicyclic) bond motifs is 1. The lowest BCUT2D eigenvalue weighted by Crippen LogP contribution is -2.04. The van der Waals surface area contributed by atoms with Crippen molar-refractivity contribution < 1.29 is 4.79 Å². The van der Waals surface area contributed by atoms with E-state index < -0.39 is 0 Å². The number of hydrogen-bond donors (Lipinski definition) is 0. The molecule has 0 aliphatic rings. The number of nitrogens with zero attached hydrogens (tertiary/aromatic N) is 4. The lowest BCUT2D eigenvalue weighted by Gasteiger charge is -2.09. The SMILES string of the molecule is O=Cc1cn(-c2nc(-c3ccccc3)c3cc(Cl)ccc3n2)nc1-c1cccs1. The largest absolute Gasteiger partial charge is 0.298 e. The molecule has 5 aromatic rings. The number of aromatic nitrogens is 4. The van der Waals surface area contributed by atoms with E-state index in [2.05, 4.69) is 10.1 Å². The van der Waals surface area contributed by atoms with E-state index in [-0.39, 0.29) is 0 Å². The molecule has 0 fully saturated rings. The highest BCUT2D eigenvalue weighted by molar-refractivity contribution is 7.13. The summed E-state index contributed by atoms with van der Waals surface area (Å²) in [5, 5.41) is 8.02. The van der Waals surface area contributed by atoms with E-state index >= 15 is 0 Å². The highest BCUT2D eigenvalue weighted by Crippen LogP contribution is 2.30. The van der Waals surface area contributed by atoms with Gasteiger partial charge in [-0.2, -0.15) is 5.10 Å². The highest BCUT2D eigenvalue weighted by Gasteiger charge is 2.16. The van der Waals surface area contributed by atoms with Crippen LogP contribution in [0.3, 0.4) is 0 Å². The third-order valence-electron chi connectivity index (χ3n) is 4.52. The van der Waals surface area contributed by atoms with Gasteiger partial charge in [0.25, 0.3) is 5.95 Å². The van der Waals surface area contributed by atoms with E-state index in [1.165, 1.54) is 11.3 Å². The van der Waals surface area contributed by atoms with Crippen LogP contribution < -0.4 is 0 Å². The summed E-state index contributed by atoms with van der Waals surface area (Å²) in [6.07, 6.45) is 2.46. The average Bonchev–Trinajstić information content (AvgIpc) is 3.43. The van der Waals surface area contributed by atoms with Gasteiger partial charge in [0.2, 0.25) is 0 Å². The Bertz CT molecular complexity index is 1330. The minimum absolute atomic E-state index is 0.393. The molecule has 0 spiro atoms. The molecule has 0 saturated heterocycles. The molecular formula is C22H13ClN4OS. The molecule has 0 saturated carbocycles. The molecule has 0 atom stereocenters. The van der Waals surface area contributed by atoms with Gasteiger partial charge in [-0.15, -0.1) is 11.3 Å². The Morgan fingerprint density at radius 2 is 1.83 bits per heavy atom. The summed E-state index contributed by atoms with van der Waals surface area (Å²) in [7, 11) is 0. The number of carbonyl (C=O) groups is 1. The maximum absolute atomic E-state index is 11.6. The van der Waals surface area contributed by atoms with Crippen molar-refractivity contribution in [1.82, 2.24) is 19.7 Å². The quantitative estimate of drug-likeness (QED) is 0.354. The second-order valence-corrected chi connectivity index (χ2v) is 7.76. The summed E-state index contributed by atoms with van der Waals surface area (Å²) in [6, 6.07) is 19.2. The zero-order valence-corrected chi connectivity index (χ0v) is 16.6. The van der Waals surface area contributed by atoms with Crippen LogP contribution in [0.2, 0.25) is 5.02 Å². The van der Waals surface area contributed by atoms with Crippen LogP contribution in [0.1, 0.15) is 10.4 Å². The van der Waals surface area contributed by atoms with Crippen LogP contribution in [0, 0.1) is 0 Å². The van der Waals surface area contributed by atoms with Gasteiger partial charge in [-0.25, -0.2) is 14.6 Å². The summed E-state index contributed by atoms with van der Waals surface area (Å²) in [6.45, 7) is 0. The Hall–Kier alpha value is -3.35.